The monoisotopic (exact) mass is 237 g/mol. The van der Waals surface area contributed by atoms with Crippen molar-refractivity contribution in [3.63, 3.8) is 0 Å². The second-order valence-corrected chi connectivity index (χ2v) is 4.45. The zero-order valence-electron chi connectivity index (χ0n) is 7.76. The predicted molar refractivity (Wildman–Crippen MR) is 60.1 cm³/mol. The second kappa shape index (κ2) is 3.18. The molecule has 0 saturated heterocycles. The molecule has 68 valence electrons. The van der Waals surface area contributed by atoms with Crippen molar-refractivity contribution in [2.75, 3.05) is 0 Å². The number of aromatic nitrogens is 1. The first-order chi connectivity index (χ1) is 6.18. The van der Waals surface area contributed by atoms with Gasteiger partial charge in [0.15, 0.2) is 0 Å². The van der Waals surface area contributed by atoms with Gasteiger partial charge in [-0.15, -0.1) is 0 Å². The Hall–Kier alpha value is -0.760. The Morgan fingerprint density at radius 1 is 1.31 bits per heavy atom. The molecule has 1 aromatic heterocycles. The minimum Gasteiger partial charge on any atom is -0.360 e. The number of benzene rings is 1. The van der Waals surface area contributed by atoms with E-state index in [0.717, 1.165) is 4.47 Å². The van der Waals surface area contributed by atoms with E-state index in [4.69, 9.17) is 0 Å². The smallest absolute Gasteiger partial charge is 0.0465 e. The molecule has 0 atom stereocenters. The van der Waals surface area contributed by atoms with Gasteiger partial charge >= 0.3 is 0 Å². The van der Waals surface area contributed by atoms with Crippen LogP contribution in [0.2, 0.25) is 0 Å². The van der Waals surface area contributed by atoms with Crippen LogP contribution in [0.1, 0.15) is 25.3 Å². The van der Waals surface area contributed by atoms with E-state index in [9.17, 15) is 0 Å². The van der Waals surface area contributed by atoms with Gasteiger partial charge in [0.1, 0.15) is 0 Å². The Bertz CT molecular complexity index is 429. The van der Waals surface area contributed by atoms with Crippen LogP contribution < -0.4 is 0 Å². The molecule has 13 heavy (non-hydrogen) atoms. The summed E-state index contributed by atoms with van der Waals surface area (Å²) < 4.78 is 1.14. The highest BCUT2D eigenvalue weighted by Gasteiger charge is 2.03. The first-order valence-electron chi connectivity index (χ1n) is 4.45. The molecule has 1 heterocycles. The number of fused-ring (bicyclic) bond motifs is 1. The van der Waals surface area contributed by atoms with Crippen LogP contribution in [0.3, 0.4) is 0 Å². The molecule has 0 unspecified atom stereocenters. The third-order valence-electron chi connectivity index (χ3n) is 2.32. The third kappa shape index (κ3) is 1.51. The van der Waals surface area contributed by atoms with Crippen molar-refractivity contribution in [3.8, 4) is 0 Å². The molecule has 2 heteroatoms. The maximum Gasteiger partial charge on any atom is 0.0465 e. The minimum absolute atomic E-state index is 0.589. The highest BCUT2D eigenvalue weighted by molar-refractivity contribution is 9.10. The number of hydrogen-bond acceptors (Lipinski definition) is 0. The molecule has 0 amide bonds. The molecule has 0 radical (unpaired) electrons. The molecule has 1 aromatic carbocycles. The lowest BCUT2D eigenvalue weighted by Crippen LogP contribution is -1.85. The Kier molecular flexibility index (Phi) is 2.16. The van der Waals surface area contributed by atoms with E-state index in [1.54, 1.807) is 0 Å². The normalized spacial score (nSPS) is 11.4. The fourth-order valence-electron chi connectivity index (χ4n) is 1.46. The van der Waals surface area contributed by atoms with Crippen molar-refractivity contribution >= 4 is 26.8 Å². The molecule has 0 aliphatic carbocycles. The lowest BCUT2D eigenvalue weighted by atomic mass is 10.0. The van der Waals surface area contributed by atoms with Crippen molar-refractivity contribution in [1.82, 2.24) is 4.98 Å². The van der Waals surface area contributed by atoms with Gasteiger partial charge in [-0.1, -0.05) is 19.9 Å². The summed E-state index contributed by atoms with van der Waals surface area (Å²) in [5.41, 5.74) is 2.57. The molecule has 0 aliphatic rings. The summed E-state index contributed by atoms with van der Waals surface area (Å²) in [5, 5.41) is 1.27. The van der Waals surface area contributed by atoms with Gasteiger partial charge in [-0.05, 0) is 39.5 Å². The van der Waals surface area contributed by atoms with Crippen molar-refractivity contribution in [3.05, 3.63) is 34.4 Å². The maximum atomic E-state index is 3.52. The second-order valence-electron chi connectivity index (χ2n) is 3.60. The highest BCUT2D eigenvalue weighted by Crippen LogP contribution is 2.26. The Morgan fingerprint density at radius 3 is 2.77 bits per heavy atom. The summed E-state index contributed by atoms with van der Waals surface area (Å²) in [5.74, 6) is 0.589. The van der Waals surface area contributed by atoms with Crippen LogP contribution in [0, 0.1) is 0 Å². The van der Waals surface area contributed by atoms with Crippen LogP contribution in [0.5, 0.6) is 0 Å². The topological polar surface area (TPSA) is 15.8 Å². The van der Waals surface area contributed by atoms with E-state index >= 15 is 0 Å². The summed E-state index contributed by atoms with van der Waals surface area (Å²) in [4.78, 5) is 3.21. The van der Waals surface area contributed by atoms with Crippen molar-refractivity contribution in [2.24, 2.45) is 0 Å². The zero-order chi connectivity index (χ0) is 9.42. The number of aromatic amines is 1. The van der Waals surface area contributed by atoms with Gasteiger partial charge in [-0.3, -0.25) is 0 Å². The molecular weight excluding hydrogens is 226 g/mol. The third-order valence-corrected chi connectivity index (χ3v) is 2.98. The molecular formula is C11H12BrN. The lowest BCUT2D eigenvalue weighted by molar-refractivity contribution is 0.869. The van der Waals surface area contributed by atoms with Crippen LogP contribution in [0.25, 0.3) is 10.9 Å². The molecule has 1 nitrogen and oxygen atoms in total. The van der Waals surface area contributed by atoms with Gasteiger partial charge < -0.3 is 4.98 Å². The van der Waals surface area contributed by atoms with Crippen LogP contribution in [-0.2, 0) is 0 Å². The van der Waals surface area contributed by atoms with Gasteiger partial charge in [-0.25, -0.2) is 0 Å². The molecule has 0 bridgehead atoms. The zero-order valence-corrected chi connectivity index (χ0v) is 9.35. The highest BCUT2D eigenvalue weighted by atomic mass is 79.9. The van der Waals surface area contributed by atoms with Crippen molar-refractivity contribution in [2.45, 2.75) is 19.8 Å². The summed E-state index contributed by atoms with van der Waals surface area (Å²) in [6, 6.07) is 6.55. The summed E-state index contributed by atoms with van der Waals surface area (Å²) in [6.07, 6.45) is 1.98. The first kappa shape index (κ1) is 8.82. The number of rotatable bonds is 1. The van der Waals surface area contributed by atoms with E-state index in [2.05, 4.69) is 53.0 Å². The standard InChI is InChI=1S/C11H12BrN/c1-7(2)8-3-4-11-9(5-8)10(12)6-13-11/h3-7,13H,1-2H3. The summed E-state index contributed by atoms with van der Waals surface area (Å²) in [7, 11) is 0. The molecule has 1 N–H and O–H groups in total. The van der Waals surface area contributed by atoms with Gasteiger partial charge in [0.05, 0.1) is 0 Å². The van der Waals surface area contributed by atoms with E-state index in [-0.39, 0.29) is 0 Å². The van der Waals surface area contributed by atoms with E-state index in [0.29, 0.717) is 5.92 Å². The molecule has 0 spiro atoms. The number of nitrogens with one attached hydrogen (secondary N) is 1. The molecule has 0 aliphatic heterocycles. The van der Waals surface area contributed by atoms with E-state index < -0.39 is 0 Å². The van der Waals surface area contributed by atoms with Gasteiger partial charge in [0.25, 0.3) is 0 Å². The quantitative estimate of drug-likeness (QED) is 0.771. The number of halogens is 1. The molecule has 0 saturated carbocycles. The summed E-state index contributed by atoms with van der Waals surface area (Å²) in [6.45, 7) is 4.42. The average Bonchev–Trinajstić information content (AvgIpc) is 2.47. The van der Waals surface area contributed by atoms with Crippen LogP contribution in [0.15, 0.2) is 28.9 Å². The van der Waals surface area contributed by atoms with Crippen molar-refractivity contribution < 1.29 is 0 Å². The number of H-pyrrole nitrogens is 1. The van der Waals surface area contributed by atoms with E-state index in [1.165, 1.54) is 16.5 Å². The Labute approximate surface area is 86.3 Å². The van der Waals surface area contributed by atoms with Crippen LogP contribution >= 0.6 is 15.9 Å². The minimum atomic E-state index is 0.589. The molecule has 2 rings (SSSR count). The van der Waals surface area contributed by atoms with E-state index in [1.807, 2.05) is 6.20 Å². The Morgan fingerprint density at radius 2 is 2.08 bits per heavy atom. The largest absolute Gasteiger partial charge is 0.360 e. The first-order valence-corrected chi connectivity index (χ1v) is 5.24. The fourth-order valence-corrected chi connectivity index (χ4v) is 1.91. The Balaban J connectivity index is 2.66. The fraction of sp³-hybridized carbons (Fsp3) is 0.273. The molecule has 0 fully saturated rings. The van der Waals surface area contributed by atoms with Crippen LogP contribution in [0.4, 0.5) is 0 Å². The van der Waals surface area contributed by atoms with Gasteiger partial charge in [-0.2, -0.15) is 0 Å². The van der Waals surface area contributed by atoms with Gasteiger partial charge in [0.2, 0.25) is 0 Å². The average molecular weight is 238 g/mol. The lowest BCUT2D eigenvalue weighted by Gasteiger charge is -2.04. The number of hydrogen-bond donors (Lipinski definition) is 1. The maximum absolute atomic E-state index is 3.52. The van der Waals surface area contributed by atoms with Crippen molar-refractivity contribution in [1.29, 1.82) is 0 Å². The summed E-state index contributed by atoms with van der Waals surface area (Å²) >= 11 is 3.52. The van der Waals surface area contributed by atoms with Gasteiger partial charge in [0, 0.05) is 21.6 Å². The molecule has 2 aromatic rings. The predicted octanol–water partition coefficient (Wildman–Crippen LogP) is 4.05. The SMILES string of the molecule is CC(C)c1ccc2[nH]cc(Br)c2c1. The van der Waals surface area contributed by atoms with Crippen LogP contribution in [-0.4, -0.2) is 4.98 Å².